The van der Waals surface area contributed by atoms with Crippen LogP contribution in [0, 0.1) is 17.8 Å². The lowest BCUT2D eigenvalue weighted by atomic mass is 9.78. The summed E-state index contributed by atoms with van der Waals surface area (Å²) in [7, 11) is 0. The molecule has 2 rings (SSSR count). The van der Waals surface area contributed by atoms with Gasteiger partial charge in [0.25, 0.3) is 0 Å². The predicted octanol–water partition coefficient (Wildman–Crippen LogP) is 2.45. The van der Waals surface area contributed by atoms with Crippen LogP contribution >= 0.6 is 0 Å². The Balaban J connectivity index is 1.75. The fourth-order valence-electron chi connectivity index (χ4n) is 3.47. The van der Waals surface area contributed by atoms with E-state index in [1.54, 1.807) is 0 Å². The fourth-order valence-corrected chi connectivity index (χ4v) is 3.47. The van der Waals surface area contributed by atoms with E-state index in [4.69, 9.17) is 5.73 Å². The van der Waals surface area contributed by atoms with Gasteiger partial charge in [0, 0.05) is 12.6 Å². The zero-order valence-corrected chi connectivity index (χ0v) is 11.7. The van der Waals surface area contributed by atoms with Crippen molar-refractivity contribution in [3.63, 3.8) is 0 Å². The molecule has 0 aromatic carbocycles. The van der Waals surface area contributed by atoms with Crippen LogP contribution in [0.25, 0.3) is 0 Å². The van der Waals surface area contributed by atoms with E-state index in [2.05, 4.69) is 12.2 Å². The van der Waals surface area contributed by atoms with E-state index in [0.29, 0.717) is 11.8 Å². The summed E-state index contributed by atoms with van der Waals surface area (Å²) in [5, 5.41) is 3.15. The number of carbonyl (C=O) groups excluding carboxylic acids is 1. The molecule has 18 heavy (non-hydrogen) atoms. The maximum atomic E-state index is 12.2. The second-order valence-electron chi connectivity index (χ2n) is 6.44. The summed E-state index contributed by atoms with van der Waals surface area (Å²) in [5.74, 6) is 1.62. The summed E-state index contributed by atoms with van der Waals surface area (Å²) >= 11 is 0. The molecule has 0 aromatic rings. The van der Waals surface area contributed by atoms with E-state index in [-0.39, 0.29) is 17.9 Å². The van der Waals surface area contributed by atoms with E-state index < -0.39 is 0 Å². The van der Waals surface area contributed by atoms with E-state index in [1.807, 2.05) is 0 Å². The Bertz CT molecular complexity index is 274. The van der Waals surface area contributed by atoms with Crippen molar-refractivity contribution < 1.29 is 4.79 Å². The molecule has 0 heterocycles. The number of nitrogens with one attached hydrogen (secondary N) is 1. The number of nitrogens with two attached hydrogens (primary N) is 1. The van der Waals surface area contributed by atoms with E-state index in [1.165, 1.54) is 38.5 Å². The van der Waals surface area contributed by atoms with Crippen LogP contribution in [0.2, 0.25) is 0 Å². The minimum absolute atomic E-state index is 0.0531. The van der Waals surface area contributed by atoms with Crippen LogP contribution in [-0.4, -0.2) is 18.5 Å². The fraction of sp³-hybridized carbons (Fsp3) is 0.933. The summed E-state index contributed by atoms with van der Waals surface area (Å²) in [4.78, 5) is 12.2. The second kappa shape index (κ2) is 6.55. The molecule has 3 heteroatoms. The van der Waals surface area contributed by atoms with Crippen molar-refractivity contribution in [2.45, 2.75) is 64.3 Å². The van der Waals surface area contributed by atoms with Gasteiger partial charge in [-0.2, -0.15) is 0 Å². The molecule has 0 aromatic heterocycles. The largest absolute Gasteiger partial charge is 0.356 e. The number of hydrogen-bond acceptors (Lipinski definition) is 2. The first-order chi connectivity index (χ1) is 8.66. The molecule has 2 saturated carbocycles. The highest BCUT2D eigenvalue weighted by atomic mass is 16.1. The molecule has 3 unspecified atom stereocenters. The lowest BCUT2D eigenvalue weighted by Crippen LogP contribution is -2.46. The van der Waals surface area contributed by atoms with Crippen LogP contribution < -0.4 is 11.1 Å². The van der Waals surface area contributed by atoms with Crippen molar-refractivity contribution in [1.29, 1.82) is 0 Å². The van der Waals surface area contributed by atoms with Crippen LogP contribution in [0.5, 0.6) is 0 Å². The van der Waals surface area contributed by atoms with Crippen LogP contribution in [-0.2, 0) is 4.79 Å². The standard InChI is InChI=1S/C15H28N2O/c1-11-7-8-14(16)13(9-11)15(18)17-10-12-5-3-2-4-6-12/h11-14H,2-10,16H2,1H3,(H,17,18). The first-order valence-corrected chi connectivity index (χ1v) is 7.70. The third kappa shape index (κ3) is 3.71. The number of amides is 1. The Morgan fingerprint density at radius 3 is 2.61 bits per heavy atom. The van der Waals surface area contributed by atoms with Gasteiger partial charge in [0.2, 0.25) is 5.91 Å². The molecule has 104 valence electrons. The second-order valence-corrected chi connectivity index (χ2v) is 6.44. The smallest absolute Gasteiger partial charge is 0.224 e. The average molecular weight is 252 g/mol. The van der Waals surface area contributed by atoms with Gasteiger partial charge in [0.05, 0.1) is 5.92 Å². The molecular weight excluding hydrogens is 224 g/mol. The Kier molecular flexibility index (Phi) is 5.04. The molecular formula is C15H28N2O. The predicted molar refractivity (Wildman–Crippen MR) is 74.1 cm³/mol. The third-order valence-electron chi connectivity index (χ3n) is 4.79. The summed E-state index contributed by atoms with van der Waals surface area (Å²) in [6, 6.07) is 0.0764. The van der Waals surface area contributed by atoms with Crippen LogP contribution in [0.15, 0.2) is 0 Å². The molecule has 0 bridgehead atoms. The number of hydrogen-bond donors (Lipinski definition) is 2. The molecule has 0 saturated heterocycles. The van der Waals surface area contributed by atoms with Crippen LogP contribution in [0.3, 0.4) is 0 Å². The van der Waals surface area contributed by atoms with Crippen LogP contribution in [0.4, 0.5) is 0 Å². The molecule has 3 nitrogen and oxygen atoms in total. The zero-order chi connectivity index (χ0) is 13.0. The highest BCUT2D eigenvalue weighted by Crippen LogP contribution is 2.28. The Hall–Kier alpha value is -0.570. The van der Waals surface area contributed by atoms with Crippen molar-refractivity contribution in [1.82, 2.24) is 5.32 Å². The SMILES string of the molecule is CC1CCC(N)C(C(=O)NCC2CCCCC2)C1. The van der Waals surface area contributed by atoms with E-state index in [0.717, 1.165) is 19.4 Å². The van der Waals surface area contributed by atoms with Crippen molar-refractivity contribution in [3.05, 3.63) is 0 Å². The van der Waals surface area contributed by atoms with Gasteiger partial charge in [-0.15, -0.1) is 0 Å². The van der Waals surface area contributed by atoms with E-state index in [9.17, 15) is 4.79 Å². The van der Waals surface area contributed by atoms with Gasteiger partial charge in [-0.05, 0) is 43.9 Å². The molecule has 0 radical (unpaired) electrons. The van der Waals surface area contributed by atoms with Gasteiger partial charge in [0.15, 0.2) is 0 Å². The Morgan fingerprint density at radius 2 is 1.89 bits per heavy atom. The first-order valence-electron chi connectivity index (χ1n) is 7.70. The van der Waals surface area contributed by atoms with Crippen molar-refractivity contribution in [2.24, 2.45) is 23.5 Å². The molecule has 0 aliphatic heterocycles. The lowest BCUT2D eigenvalue weighted by molar-refractivity contribution is -0.127. The quantitative estimate of drug-likeness (QED) is 0.810. The maximum Gasteiger partial charge on any atom is 0.224 e. The molecule has 2 aliphatic rings. The van der Waals surface area contributed by atoms with Gasteiger partial charge in [-0.25, -0.2) is 0 Å². The van der Waals surface area contributed by atoms with Gasteiger partial charge in [0.1, 0.15) is 0 Å². The van der Waals surface area contributed by atoms with Gasteiger partial charge < -0.3 is 11.1 Å². The van der Waals surface area contributed by atoms with Crippen molar-refractivity contribution >= 4 is 5.91 Å². The molecule has 2 fully saturated rings. The third-order valence-corrected chi connectivity index (χ3v) is 4.79. The molecule has 1 amide bonds. The van der Waals surface area contributed by atoms with Crippen molar-refractivity contribution in [3.8, 4) is 0 Å². The monoisotopic (exact) mass is 252 g/mol. The van der Waals surface area contributed by atoms with Crippen molar-refractivity contribution in [2.75, 3.05) is 6.54 Å². The van der Waals surface area contributed by atoms with Gasteiger partial charge in [-0.1, -0.05) is 26.2 Å². The zero-order valence-electron chi connectivity index (χ0n) is 11.7. The summed E-state index contributed by atoms with van der Waals surface area (Å²) < 4.78 is 0. The summed E-state index contributed by atoms with van der Waals surface area (Å²) in [5.41, 5.74) is 6.09. The summed E-state index contributed by atoms with van der Waals surface area (Å²) in [6.07, 6.45) is 9.76. The minimum Gasteiger partial charge on any atom is -0.356 e. The van der Waals surface area contributed by atoms with E-state index >= 15 is 0 Å². The number of rotatable bonds is 3. The lowest BCUT2D eigenvalue weighted by Gasteiger charge is -2.32. The molecule has 0 spiro atoms. The first kappa shape index (κ1) is 13.9. The maximum absolute atomic E-state index is 12.2. The topological polar surface area (TPSA) is 55.1 Å². The Morgan fingerprint density at radius 1 is 1.17 bits per heavy atom. The summed E-state index contributed by atoms with van der Waals surface area (Å²) in [6.45, 7) is 3.10. The van der Waals surface area contributed by atoms with Gasteiger partial charge >= 0.3 is 0 Å². The number of carbonyl (C=O) groups is 1. The molecule has 3 N–H and O–H groups in total. The normalized spacial score (nSPS) is 34.2. The van der Waals surface area contributed by atoms with Gasteiger partial charge in [-0.3, -0.25) is 4.79 Å². The average Bonchev–Trinajstić information content (AvgIpc) is 2.40. The molecule has 3 atom stereocenters. The highest BCUT2D eigenvalue weighted by molar-refractivity contribution is 5.79. The highest BCUT2D eigenvalue weighted by Gasteiger charge is 2.31. The Labute approximate surface area is 111 Å². The molecule has 2 aliphatic carbocycles. The van der Waals surface area contributed by atoms with Crippen LogP contribution in [0.1, 0.15) is 58.3 Å². The minimum atomic E-state index is 0.0531.